The molecule has 2 aromatic rings. The molecule has 1 aliphatic carbocycles. The van der Waals surface area contributed by atoms with Crippen molar-refractivity contribution >= 4 is 17.6 Å². The Bertz CT molecular complexity index is 787. The zero-order chi connectivity index (χ0) is 18.7. The number of halogens is 1. The van der Waals surface area contributed by atoms with Crippen LogP contribution in [0.2, 0.25) is 5.02 Å². The quantitative estimate of drug-likeness (QED) is 0.602. The van der Waals surface area contributed by atoms with Crippen molar-refractivity contribution in [3.8, 4) is 0 Å². The number of hydrogen-bond donors (Lipinski definition) is 2. The molecular weight excluding hydrogens is 346 g/mol. The summed E-state index contributed by atoms with van der Waals surface area (Å²) in [7, 11) is 1.97. The van der Waals surface area contributed by atoms with Crippen molar-refractivity contribution in [2.75, 3.05) is 13.1 Å². The Labute approximate surface area is 160 Å². The molecule has 1 saturated carbocycles. The first-order valence-corrected chi connectivity index (χ1v) is 9.60. The molecule has 6 heteroatoms. The van der Waals surface area contributed by atoms with E-state index in [1.165, 1.54) is 29.7 Å². The molecule has 140 valence electrons. The van der Waals surface area contributed by atoms with E-state index in [2.05, 4.69) is 41.7 Å². The van der Waals surface area contributed by atoms with Crippen molar-refractivity contribution in [1.29, 1.82) is 0 Å². The minimum atomic E-state index is 0.209. The van der Waals surface area contributed by atoms with Gasteiger partial charge in [0, 0.05) is 41.8 Å². The molecular formula is C20H28ClN5. The van der Waals surface area contributed by atoms with Crippen LogP contribution in [0.25, 0.3) is 0 Å². The average Bonchev–Trinajstić information content (AvgIpc) is 3.36. The standard InChI is InChI=1S/C20H28ClN5/c1-5-22-19(23-12-18-14(2)25-26(4)15(18)3)24-13-20(10-11-20)16-6-8-17(21)9-7-16/h6-9H,5,10-13H2,1-4H3,(H2,22,23,24). The van der Waals surface area contributed by atoms with Crippen LogP contribution in [0.4, 0.5) is 0 Å². The van der Waals surface area contributed by atoms with E-state index >= 15 is 0 Å². The lowest BCUT2D eigenvalue weighted by molar-refractivity contribution is 0.646. The van der Waals surface area contributed by atoms with Crippen molar-refractivity contribution < 1.29 is 0 Å². The largest absolute Gasteiger partial charge is 0.357 e. The first-order chi connectivity index (χ1) is 12.4. The number of aryl methyl sites for hydroxylation is 2. The summed E-state index contributed by atoms with van der Waals surface area (Å²) in [6.07, 6.45) is 2.39. The fourth-order valence-electron chi connectivity index (χ4n) is 3.32. The summed E-state index contributed by atoms with van der Waals surface area (Å²) in [6.45, 7) is 8.57. The van der Waals surface area contributed by atoms with E-state index in [9.17, 15) is 0 Å². The van der Waals surface area contributed by atoms with Crippen LogP contribution in [0.1, 0.15) is 42.3 Å². The molecule has 0 unspecified atom stereocenters. The molecule has 0 atom stereocenters. The average molecular weight is 374 g/mol. The van der Waals surface area contributed by atoms with Gasteiger partial charge in [0.05, 0.1) is 12.2 Å². The highest BCUT2D eigenvalue weighted by atomic mass is 35.5. The van der Waals surface area contributed by atoms with E-state index in [4.69, 9.17) is 16.6 Å². The van der Waals surface area contributed by atoms with E-state index < -0.39 is 0 Å². The second-order valence-electron chi connectivity index (χ2n) is 7.11. The third-order valence-corrected chi connectivity index (χ3v) is 5.55. The van der Waals surface area contributed by atoms with Gasteiger partial charge in [-0.3, -0.25) is 4.68 Å². The lowest BCUT2D eigenvalue weighted by atomic mass is 9.96. The Morgan fingerprint density at radius 1 is 1.23 bits per heavy atom. The predicted octanol–water partition coefficient (Wildman–Crippen LogP) is 3.48. The zero-order valence-electron chi connectivity index (χ0n) is 16.1. The summed E-state index contributed by atoms with van der Waals surface area (Å²) in [5.74, 6) is 0.857. The van der Waals surface area contributed by atoms with Crippen molar-refractivity contribution in [3.05, 3.63) is 51.8 Å². The van der Waals surface area contributed by atoms with E-state index in [0.29, 0.717) is 6.54 Å². The van der Waals surface area contributed by atoms with E-state index in [-0.39, 0.29) is 5.41 Å². The van der Waals surface area contributed by atoms with E-state index in [1.807, 2.05) is 30.8 Å². The molecule has 0 saturated heterocycles. The normalized spacial score (nSPS) is 15.8. The Morgan fingerprint density at radius 3 is 2.46 bits per heavy atom. The molecule has 0 amide bonds. The number of aromatic nitrogens is 2. The Kier molecular flexibility index (Phi) is 5.56. The summed E-state index contributed by atoms with van der Waals surface area (Å²) in [5.41, 5.74) is 4.97. The van der Waals surface area contributed by atoms with E-state index in [0.717, 1.165) is 29.8 Å². The molecule has 26 heavy (non-hydrogen) atoms. The van der Waals surface area contributed by atoms with Gasteiger partial charge in [-0.2, -0.15) is 5.10 Å². The third-order valence-electron chi connectivity index (χ3n) is 5.30. The van der Waals surface area contributed by atoms with Crippen LogP contribution in [-0.4, -0.2) is 28.8 Å². The number of benzene rings is 1. The van der Waals surface area contributed by atoms with Crippen LogP contribution in [0.3, 0.4) is 0 Å². The monoisotopic (exact) mass is 373 g/mol. The number of nitrogens with one attached hydrogen (secondary N) is 2. The van der Waals surface area contributed by atoms with Crippen LogP contribution in [0.5, 0.6) is 0 Å². The molecule has 0 spiro atoms. The highest BCUT2D eigenvalue weighted by Gasteiger charge is 2.44. The maximum absolute atomic E-state index is 6.03. The molecule has 1 aromatic carbocycles. The van der Waals surface area contributed by atoms with Crippen LogP contribution >= 0.6 is 11.6 Å². The number of hydrogen-bond acceptors (Lipinski definition) is 2. The SMILES string of the molecule is CCNC(=NCc1c(C)nn(C)c1C)NCC1(c2ccc(Cl)cc2)CC1. The molecule has 1 heterocycles. The van der Waals surface area contributed by atoms with Gasteiger partial charge in [0.15, 0.2) is 5.96 Å². The van der Waals surface area contributed by atoms with Gasteiger partial charge in [-0.15, -0.1) is 0 Å². The zero-order valence-corrected chi connectivity index (χ0v) is 16.8. The molecule has 1 aromatic heterocycles. The van der Waals surface area contributed by atoms with E-state index in [1.54, 1.807) is 0 Å². The van der Waals surface area contributed by atoms with Gasteiger partial charge in [-0.25, -0.2) is 4.99 Å². The molecule has 0 aliphatic heterocycles. The van der Waals surface area contributed by atoms with Crippen LogP contribution in [0.15, 0.2) is 29.3 Å². The fourth-order valence-corrected chi connectivity index (χ4v) is 3.45. The molecule has 2 N–H and O–H groups in total. The summed E-state index contributed by atoms with van der Waals surface area (Å²) in [5, 5.41) is 12.1. The lowest BCUT2D eigenvalue weighted by Gasteiger charge is -2.19. The summed E-state index contributed by atoms with van der Waals surface area (Å²) in [6, 6.07) is 8.24. The predicted molar refractivity (Wildman–Crippen MR) is 108 cm³/mol. The van der Waals surface area contributed by atoms with Crippen LogP contribution in [0, 0.1) is 13.8 Å². The van der Waals surface area contributed by atoms with Crippen molar-refractivity contribution in [3.63, 3.8) is 0 Å². The van der Waals surface area contributed by atoms with Crippen LogP contribution in [-0.2, 0) is 19.0 Å². The second kappa shape index (κ2) is 7.70. The van der Waals surface area contributed by atoms with Gasteiger partial charge in [-0.1, -0.05) is 23.7 Å². The van der Waals surface area contributed by atoms with Gasteiger partial charge in [0.25, 0.3) is 0 Å². The summed E-state index contributed by atoms with van der Waals surface area (Å²) in [4.78, 5) is 4.78. The van der Waals surface area contributed by atoms with Gasteiger partial charge >= 0.3 is 0 Å². The number of rotatable bonds is 6. The number of guanidine groups is 1. The van der Waals surface area contributed by atoms with Crippen molar-refractivity contribution in [2.24, 2.45) is 12.0 Å². The number of nitrogens with zero attached hydrogens (tertiary/aromatic N) is 3. The Hall–Kier alpha value is -2.01. The number of aliphatic imine (C=N–C) groups is 1. The van der Waals surface area contributed by atoms with Crippen molar-refractivity contribution in [2.45, 2.75) is 45.6 Å². The highest BCUT2D eigenvalue weighted by molar-refractivity contribution is 6.30. The van der Waals surface area contributed by atoms with Gasteiger partial charge in [0.1, 0.15) is 0 Å². The topological polar surface area (TPSA) is 54.2 Å². The maximum Gasteiger partial charge on any atom is 0.191 e. The molecule has 3 rings (SSSR count). The minimum absolute atomic E-state index is 0.209. The summed E-state index contributed by atoms with van der Waals surface area (Å²) < 4.78 is 1.92. The van der Waals surface area contributed by atoms with Crippen LogP contribution < -0.4 is 10.6 Å². The minimum Gasteiger partial charge on any atom is -0.357 e. The summed E-state index contributed by atoms with van der Waals surface area (Å²) >= 11 is 6.03. The molecule has 0 bridgehead atoms. The first-order valence-electron chi connectivity index (χ1n) is 9.22. The molecule has 1 aliphatic rings. The Morgan fingerprint density at radius 2 is 1.92 bits per heavy atom. The molecule has 5 nitrogen and oxygen atoms in total. The molecule has 0 radical (unpaired) electrons. The van der Waals surface area contributed by atoms with Gasteiger partial charge in [-0.05, 0) is 51.3 Å². The molecule has 1 fully saturated rings. The van der Waals surface area contributed by atoms with Gasteiger partial charge < -0.3 is 10.6 Å². The maximum atomic E-state index is 6.03. The second-order valence-corrected chi connectivity index (χ2v) is 7.55. The third kappa shape index (κ3) is 4.04. The lowest BCUT2D eigenvalue weighted by Crippen LogP contribution is -2.41. The van der Waals surface area contributed by atoms with Gasteiger partial charge in [0.2, 0.25) is 0 Å². The van der Waals surface area contributed by atoms with Crippen molar-refractivity contribution in [1.82, 2.24) is 20.4 Å². The smallest absolute Gasteiger partial charge is 0.191 e. The highest BCUT2D eigenvalue weighted by Crippen LogP contribution is 2.47. The first kappa shape index (κ1) is 18.8. The fraction of sp³-hybridized carbons (Fsp3) is 0.500. The Balaban J connectivity index is 1.68.